The summed E-state index contributed by atoms with van der Waals surface area (Å²) in [7, 11) is 0. The van der Waals surface area contributed by atoms with Gasteiger partial charge < -0.3 is 4.84 Å². The van der Waals surface area contributed by atoms with E-state index in [4.69, 9.17) is 28.0 Å². The molecule has 0 aliphatic rings. The molecular weight excluding hydrogens is 389 g/mol. The molecule has 0 amide bonds. The van der Waals surface area contributed by atoms with Crippen molar-refractivity contribution >= 4 is 28.9 Å². The molecule has 28 heavy (non-hydrogen) atoms. The van der Waals surface area contributed by atoms with Crippen LogP contribution >= 0.6 is 23.2 Å². The average molecular weight is 412 g/mol. The summed E-state index contributed by atoms with van der Waals surface area (Å²) in [6, 6.07) is 22.1. The lowest BCUT2D eigenvalue weighted by atomic mass is 9.97. The van der Waals surface area contributed by atoms with Crippen LogP contribution in [-0.4, -0.2) is 5.71 Å². The Hall–Kier alpha value is -2.29. The first-order valence-electron chi connectivity index (χ1n) is 9.26. The van der Waals surface area contributed by atoms with Gasteiger partial charge in [-0.15, -0.1) is 0 Å². The first kappa shape index (κ1) is 20.4. The van der Waals surface area contributed by atoms with Gasteiger partial charge in [0.1, 0.15) is 6.61 Å². The van der Waals surface area contributed by atoms with Gasteiger partial charge in [-0.05, 0) is 47.2 Å². The zero-order valence-electron chi connectivity index (χ0n) is 16.2. The van der Waals surface area contributed by atoms with Crippen molar-refractivity contribution in [1.82, 2.24) is 0 Å². The zero-order valence-corrected chi connectivity index (χ0v) is 17.8. The van der Waals surface area contributed by atoms with E-state index in [-0.39, 0.29) is 5.92 Å². The van der Waals surface area contributed by atoms with Crippen LogP contribution in [0.5, 0.6) is 0 Å². The zero-order chi connectivity index (χ0) is 20.1. The summed E-state index contributed by atoms with van der Waals surface area (Å²) in [6.45, 7) is 6.68. The Morgan fingerprint density at radius 1 is 0.929 bits per heavy atom. The molecule has 0 spiro atoms. The topological polar surface area (TPSA) is 21.6 Å². The third kappa shape index (κ3) is 4.76. The van der Waals surface area contributed by atoms with Gasteiger partial charge in [-0.3, -0.25) is 0 Å². The van der Waals surface area contributed by atoms with Gasteiger partial charge >= 0.3 is 0 Å². The summed E-state index contributed by atoms with van der Waals surface area (Å²) in [5, 5.41) is 5.46. The van der Waals surface area contributed by atoms with E-state index in [9.17, 15) is 0 Å². The first-order valence-corrected chi connectivity index (χ1v) is 10.0. The Labute approximate surface area is 176 Å². The van der Waals surface area contributed by atoms with Crippen molar-refractivity contribution in [3.63, 3.8) is 0 Å². The maximum absolute atomic E-state index is 6.16. The molecule has 4 heteroatoms. The molecule has 3 aromatic carbocycles. The lowest BCUT2D eigenvalue weighted by molar-refractivity contribution is 0.129. The van der Waals surface area contributed by atoms with E-state index in [1.165, 1.54) is 16.7 Å². The smallest absolute Gasteiger partial charge is 0.142 e. The maximum atomic E-state index is 6.16. The summed E-state index contributed by atoms with van der Waals surface area (Å²) >= 11 is 12.2. The highest BCUT2D eigenvalue weighted by Gasteiger charge is 2.12. The Morgan fingerprint density at radius 3 is 2.36 bits per heavy atom. The molecule has 3 rings (SSSR count). The van der Waals surface area contributed by atoms with E-state index in [1.54, 1.807) is 6.07 Å². The Morgan fingerprint density at radius 2 is 1.68 bits per heavy atom. The van der Waals surface area contributed by atoms with Gasteiger partial charge in [0.15, 0.2) is 0 Å². The summed E-state index contributed by atoms with van der Waals surface area (Å²) in [4.78, 5) is 5.75. The number of oxime groups is 1. The molecule has 0 N–H and O–H groups in total. The van der Waals surface area contributed by atoms with Crippen LogP contribution in [-0.2, 0) is 11.4 Å². The highest BCUT2D eigenvalue weighted by Crippen LogP contribution is 2.27. The van der Waals surface area contributed by atoms with Crippen LogP contribution in [0.3, 0.4) is 0 Å². The van der Waals surface area contributed by atoms with Gasteiger partial charge in [0.2, 0.25) is 0 Å². The monoisotopic (exact) mass is 411 g/mol. The third-order valence-corrected chi connectivity index (χ3v) is 5.41. The molecule has 0 radical (unpaired) electrons. The average Bonchev–Trinajstić information content (AvgIpc) is 2.69. The highest BCUT2D eigenvalue weighted by molar-refractivity contribution is 6.42. The minimum Gasteiger partial charge on any atom is -0.391 e. The molecule has 0 atom stereocenters. The molecule has 0 fully saturated rings. The van der Waals surface area contributed by atoms with Crippen molar-refractivity contribution in [3.05, 3.63) is 93.5 Å². The molecule has 2 nitrogen and oxygen atoms in total. The second-order valence-corrected chi connectivity index (χ2v) is 7.80. The molecule has 0 aliphatic heterocycles. The summed E-state index contributed by atoms with van der Waals surface area (Å²) in [5.41, 5.74) is 6.48. The summed E-state index contributed by atoms with van der Waals surface area (Å²) in [5.74, 6) is 0.189. The predicted octanol–water partition coefficient (Wildman–Crippen LogP) is 7.55. The largest absolute Gasteiger partial charge is 0.391 e. The van der Waals surface area contributed by atoms with Crippen LogP contribution in [0.1, 0.15) is 30.5 Å². The van der Waals surface area contributed by atoms with Crippen LogP contribution in [0.25, 0.3) is 11.1 Å². The lowest BCUT2D eigenvalue weighted by Gasteiger charge is -2.13. The minimum absolute atomic E-state index is 0.189. The van der Waals surface area contributed by atoms with Gasteiger partial charge in [-0.1, -0.05) is 96.8 Å². The number of hydrogen-bond donors (Lipinski definition) is 0. The van der Waals surface area contributed by atoms with Crippen molar-refractivity contribution in [1.29, 1.82) is 0 Å². The summed E-state index contributed by atoms with van der Waals surface area (Å²) in [6.07, 6.45) is 0. The van der Waals surface area contributed by atoms with E-state index >= 15 is 0 Å². The van der Waals surface area contributed by atoms with Crippen LogP contribution in [0.2, 0.25) is 10.0 Å². The number of rotatable bonds is 6. The van der Waals surface area contributed by atoms with Crippen molar-refractivity contribution in [2.24, 2.45) is 11.1 Å². The molecule has 0 unspecified atom stereocenters. The van der Waals surface area contributed by atoms with E-state index < -0.39 is 0 Å². The van der Waals surface area contributed by atoms with Crippen LogP contribution < -0.4 is 0 Å². The van der Waals surface area contributed by atoms with Crippen LogP contribution in [0, 0.1) is 12.8 Å². The standard InChI is InChI=1S/C24H23Cl2NO/c1-16(2)24(19-12-13-22(25)23(26)14-19)27-28-15-20-10-7-11-21(17(20)3)18-8-5-4-6-9-18/h4-14,16H,15H2,1-3H3/b27-24+. The number of hydrogen-bond acceptors (Lipinski definition) is 2. The van der Waals surface area contributed by atoms with Gasteiger partial charge in [0.05, 0.1) is 15.8 Å². The van der Waals surface area contributed by atoms with E-state index in [1.807, 2.05) is 18.2 Å². The van der Waals surface area contributed by atoms with Crippen molar-refractivity contribution in [2.75, 3.05) is 0 Å². The van der Waals surface area contributed by atoms with E-state index in [0.717, 1.165) is 16.8 Å². The van der Waals surface area contributed by atoms with Crippen molar-refractivity contribution < 1.29 is 4.84 Å². The van der Waals surface area contributed by atoms with Gasteiger partial charge in [0.25, 0.3) is 0 Å². The Bertz CT molecular complexity index is 981. The van der Waals surface area contributed by atoms with Gasteiger partial charge in [-0.2, -0.15) is 0 Å². The number of nitrogens with zero attached hydrogens (tertiary/aromatic N) is 1. The minimum atomic E-state index is 0.189. The molecule has 0 bridgehead atoms. The summed E-state index contributed by atoms with van der Waals surface area (Å²) < 4.78 is 0. The SMILES string of the molecule is Cc1c(CO/N=C(/c2ccc(Cl)c(Cl)c2)C(C)C)cccc1-c1ccccc1. The lowest BCUT2D eigenvalue weighted by Crippen LogP contribution is -2.10. The van der Waals surface area contributed by atoms with Crippen molar-refractivity contribution in [3.8, 4) is 11.1 Å². The fourth-order valence-corrected chi connectivity index (χ4v) is 3.39. The molecule has 144 valence electrons. The molecule has 0 heterocycles. The number of halogens is 2. The predicted molar refractivity (Wildman–Crippen MR) is 119 cm³/mol. The Kier molecular flexibility index (Phi) is 6.77. The molecular formula is C24H23Cl2NO. The second kappa shape index (κ2) is 9.27. The Balaban J connectivity index is 1.81. The van der Waals surface area contributed by atoms with Gasteiger partial charge in [-0.25, -0.2) is 0 Å². The second-order valence-electron chi connectivity index (χ2n) is 6.99. The highest BCUT2D eigenvalue weighted by atomic mass is 35.5. The first-order chi connectivity index (χ1) is 13.5. The molecule has 0 aromatic heterocycles. The molecule has 0 saturated carbocycles. The molecule has 0 aliphatic carbocycles. The fraction of sp³-hybridized carbons (Fsp3) is 0.208. The molecule has 0 saturated heterocycles. The van der Waals surface area contributed by atoms with E-state index in [0.29, 0.717) is 16.7 Å². The third-order valence-electron chi connectivity index (χ3n) is 4.68. The normalized spacial score (nSPS) is 11.7. The quantitative estimate of drug-likeness (QED) is 0.303. The van der Waals surface area contributed by atoms with Crippen LogP contribution in [0.15, 0.2) is 71.9 Å². The van der Waals surface area contributed by atoms with Crippen molar-refractivity contribution in [2.45, 2.75) is 27.4 Å². The number of benzene rings is 3. The van der Waals surface area contributed by atoms with Gasteiger partial charge in [0, 0.05) is 5.56 Å². The maximum Gasteiger partial charge on any atom is 0.142 e. The fourth-order valence-electron chi connectivity index (χ4n) is 3.09. The van der Waals surface area contributed by atoms with Crippen LogP contribution in [0.4, 0.5) is 0 Å². The van der Waals surface area contributed by atoms with E-state index in [2.05, 4.69) is 68.4 Å². The molecule has 3 aromatic rings.